The summed E-state index contributed by atoms with van der Waals surface area (Å²) >= 11 is 0. The third-order valence-electron chi connectivity index (χ3n) is 3.21. The molecule has 0 fully saturated rings. The van der Waals surface area contributed by atoms with E-state index in [2.05, 4.69) is 10.0 Å². The van der Waals surface area contributed by atoms with E-state index in [1.54, 1.807) is 0 Å². The molecule has 0 aliphatic rings. The molecule has 1 amide bonds. The van der Waals surface area contributed by atoms with Gasteiger partial charge in [0.2, 0.25) is 10.0 Å². The van der Waals surface area contributed by atoms with E-state index in [9.17, 15) is 13.2 Å². The Morgan fingerprint density at radius 2 is 1.81 bits per heavy atom. The molecular formula is C14H22N2O4S. The molecule has 1 aromatic carbocycles. The molecule has 1 unspecified atom stereocenters. The van der Waals surface area contributed by atoms with Gasteiger partial charge in [-0.2, -0.15) is 0 Å². The quantitative estimate of drug-likeness (QED) is 0.691. The SMILES string of the molecule is CNC(=O)c1ccc(S(=O)(=O)NC(CCO)C(C)C)cc1. The lowest BCUT2D eigenvalue weighted by Gasteiger charge is -2.21. The molecule has 1 atom stereocenters. The van der Waals surface area contributed by atoms with Crippen molar-refractivity contribution in [3.8, 4) is 0 Å². The van der Waals surface area contributed by atoms with E-state index in [4.69, 9.17) is 5.11 Å². The number of hydrogen-bond acceptors (Lipinski definition) is 4. The highest BCUT2D eigenvalue weighted by Gasteiger charge is 2.22. The first kappa shape index (κ1) is 17.6. The van der Waals surface area contributed by atoms with Gasteiger partial charge >= 0.3 is 0 Å². The average molecular weight is 314 g/mol. The molecule has 0 aliphatic heterocycles. The summed E-state index contributed by atoms with van der Waals surface area (Å²) in [5.74, 6) is -0.204. The van der Waals surface area contributed by atoms with Crippen LogP contribution in [-0.4, -0.2) is 39.1 Å². The number of carbonyl (C=O) groups is 1. The maximum Gasteiger partial charge on any atom is 0.251 e. The fraction of sp³-hybridized carbons (Fsp3) is 0.500. The van der Waals surface area contributed by atoms with Gasteiger partial charge in [0.1, 0.15) is 0 Å². The lowest BCUT2D eigenvalue weighted by atomic mass is 10.0. The highest BCUT2D eigenvalue weighted by molar-refractivity contribution is 7.89. The van der Waals surface area contributed by atoms with Crippen LogP contribution in [0.3, 0.4) is 0 Å². The Balaban J connectivity index is 2.94. The summed E-state index contributed by atoms with van der Waals surface area (Å²) in [6.45, 7) is 3.69. The molecule has 3 N–H and O–H groups in total. The van der Waals surface area contributed by atoms with Crippen molar-refractivity contribution in [3.05, 3.63) is 29.8 Å². The van der Waals surface area contributed by atoms with Gasteiger partial charge in [-0.05, 0) is 36.6 Å². The molecule has 6 nitrogen and oxygen atoms in total. The second-order valence-electron chi connectivity index (χ2n) is 5.09. The number of aliphatic hydroxyl groups excluding tert-OH is 1. The van der Waals surface area contributed by atoms with Crippen molar-refractivity contribution in [1.29, 1.82) is 0 Å². The standard InChI is InChI=1S/C14H22N2O4S/c1-10(2)13(8-9-17)16-21(19,20)12-6-4-11(5-7-12)14(18)15-3/h4-7,10,13,16-17H,8-9H2,1-3H3,(H,15,18). The molecule has 0 radical (unpaired) electrons. The molecule has 7 heteroatoms. The molecule has 0 aliphatic carbocycles. The van der Waals surface area contributed by atoms with Crippen LogP contribution in [-0.2, 0) is 10.0 Å². The predicted molar refractivity (Wildman–Crippen MR) is 80.5 cm³/mol. The van der Waals surface area contributed by atoms with Gasteiger partial charge in [-0.3, -0.25) is 4.79 Å². The molecule has 1 rings (SSSR count). The fourth-order valence-corrected chi connectivity index (χ4v) is 3.28. The third kappa shape index (κ3) is 4.80. The van der Waals surface area contributed by atoms with Crippen LogP contribution >= 0.6 is 0 Å². The van der Waals surface area contributed by atoms with E-state index in [1.165, 1.54) is 31.3 Å². The van der Waals surface area contributed by atoms with Crippen molar-refractivity contribution in [1.82, 2.24) is 10.0 Å². The zero-order valence-corrected chi connectivity index (χ0v) is 13.3. The van der Waals surface area contributed by atoms with E-state index in [0.717, 1.165) is 0 Å². The number of aliphatic hydroxyl groups is 1. The topological polar surface area (TPSA) is 95.5 Å². The number of hydrogen-bond donors (Lipinski definition) is 3. The average Bonchev–Trinajstić information content (AvgIpc) is 2.45. The van der Waals surface area contributed by atoms with Crippen LogP contribution < -0.4 is 10.0 Å². The van der Waals surface area contributed by atoms with Crippen LogP contribution in [0, 0.1) is 5.92 Å². The highest BCUT2D eigenvalue weighted by Crippen LogP contribution is 2.14. The Bertz CT molecular complexity index is 567. The summed E-state index contributed by atoms with van der Waals surface area (Å²) in [4.78, 5) is 11.5. The van der Waals surface area contributed by atoms with E-state index in [1.807, 2.05) is 13.8 Å². The first-order chi connectivity index (χ1) is 9.81. The van der Waals surface area contributed by atoms with Gasteiger partial charge in [-0.15, -0.1) is 0 Å². The van der Waals surface area contributed by atoms with E-state index in [0.29, 0.717) is 12.0 Å². The minimum Gasteiger partial charge on any atom is -0.396 e. The maximum atomic E-state index is 12.3. The summed E-state index contributed by atoms with van der Waals surface area (Å²) in [5, 5.41) is 11.5. The van der Waals surface area contributed by atoms with E-state index >= 15 is 0 Å². The molecule has 0 saturated heterocycles. The molecule has 0 heterocycles. The van der Waals surface area contributed by atoms with E-state index in [-0.39, 0.29) is 29.4 Å². The molecule has 21 heavy (non-hydrogen) atoms. The van der Waals surface area contributed by atoms with Crippen molar-refractivity contribution in [2.75, 3.05) is 13.7 Å². The smallest absolute Gasteiger partial charge is 0.251 e. The summed E-state index contributed by atoms with van der Waals surface area (Å²) in [5.41, 5.74) is 0.396. The van der Waals surface area contributed by atoms with Crippen LogP contribution in [0.2, 0.25) is 0 Å². The third-order valence-corrected chi connectivity index (χ3v) is 4.71. The maximum absolute atomic E-state index is 12.3. The largest absolute Gasteiger partial charge is 0.396 e. The van der Waals surface area contributed by atoms with Gasteiger partial charge in [0.25, 0.3) is 5.91 Å². The zero-order chi connectivity index (χ0) is 16.0. The van der Waals surface area contributed by atoms with Gasteiger partial charge in [0, 0.05) is 25.3 Å². The van der Waals surface area contributed by atoms with Crippen molar-refractivity contribution in [2.24, 2.45) is 5.92 Å². The Labute approximate surface area is 125 Å². The van der Waals surface area contributed by atoms with E-state index < -0.39 is 10.0 Å². The van der Waals surface area contributed by atoms with Crippen LogP contribution in [0.4, 0.5) is 0 Å². The Kier molecular flexibility index (Phi) is 6.32. The number of benzene rings is 1. The second-order valence-corrected chi connectivity index (χ2v) is 6.80. The molecular weight excluding hydrogens is 292 g/mol. The van der Waals surface area contributed by atoms with Crippen molar-refractivity contribution in [3.63, 3.8) is 0 Å². The Morgan fingerprint density at radius 3 is 2.24 bits per heavy atom. The number of rotatable bonds is 7. The van der Waals surface area contributed by atoms with Crippen LogP contribution in [0.1, 0.15) is 30.6 Å². The second kappa shape index (κ2) is 7.53. The van der Waals surface area contributed by atoms with Crippen molar-refractivity contribution >= 4 is 15.9 Å². The molecule has 0 spiro atoms. The van der Waals surface area contributed by atoms with Crippen LogP contribution in [0.25, 0.3) is 0 Å². The molecule has 0 saturated carbocycles. The number of carbonyl (C=O) groups excluding carboxylic acids is 1. The first-order valence-electron chi connectivity index (χ1n) is 6.77. The Hall–Kier alpha value is -1.44. The van der Waals surface area contributed by atoms with Gasteiger partial charge in [-0.25, -0.2) is 13.1 Å². The minimum atomic E-state index is -3.67. The predicted octanol–water partition coefficient (Wildman–Crippen LogP) is 0.731. The van der Waals surface area contributed by atoms with Gasteiger partial charge in [0.15, 0.2) is 0 Å². The number of nitrogens with one attached hydrogen (secondary N) is 2. The summed E-state index contributed by atoms with van der Waals surface area (Å²) in [7, 11) is -2.16. The van der Waals surface area contributed by atoms with Gasteiger partial charge in [-0.1, -0.05) is 13.8 Å². The Morgan fingerprint density at radius 1 is 1.24 bits per heavy atom. The van der Waals surface area contributed by atoms with Crippen molar-refractivity contribution < 1.29 is 18.3 Å². The molecule has 0 bridgehead atoms. The summed E-state index contributed by atoms with van der Waals surface area (Å²) < 4.78 is 27.1. The molecule has 118 valence electrons. The lowest BCUT2D eigenvalue weighted by Crippen LogP contribution is -2.39. The number of amides is 1. The zero-order valence-electron chi connectivity index (χ0n) is 12.5. The van der Waals surface area contributed by atoms with Crippen LogP contribution in [0.5, 0.6) is 0 Å². The normalized spacial score (nSPS) is 13.2. The molecule has 1 aromatic rings. The minimum absolute atomic E-state index is 0.0667. The molecule has 0 aromatic heterocycles. The lowest BCUT2D eigenvalue weighted by molar-refractivity contribution is 0.0963. The number of sulfonamides is 1. The highest BCUT2D eigenvalue weighted by atomic mass is 32.2. The first-order valence-corrected chi connectivity index (χ1v) is 8.25. The van der Waals surface area contributed by atoms with Crippen molar-refractivity contribution in [2.45, 2.75) is 31.2 Å². The van der Waals surface area contributed by atoms with Gasteiger partial charge in [0.05, 0.1) is 4.90 Å². The summed E-state index contributed by atoms with van der Waals surface area (Å²) in [6.07, 6.45) is 0.354. The summed E-state index contributed by atoms with van der Waals surface area (Å²) in [6, 6.07) is 5.37. The monoisotopic (exact) mass is 314 g/mol. The fourth-order valence-electron chi connectivity index (χ4n) is 1.86. The van der Waals surface area contributed by atoms with Gasteiger partial charge < -0.3 is 10.4 Å². The van der Waals surface area contributed by atoms with Crippen LogP contribution in [0.15, 0.2) is 29.2 Å².